The third-order valence-electron chi connectivity index (χ3n) is 2.94. The molecule has 5 heteroatoms. The molecule has 0 bridgehead atoms. The van der Waals surface area contributed by atoms with Crippen molar-refractivity contribution < 1.29 is 0 Å². The van der Waals surface area contributed by atoms with Gasteiger partial charge in [0.25, 0.3) is 0 Å². The van der Waals surface area contributed by atoms with E-state index < -0.39 is 0 Å². The number of nitrogens with one attached hydrogen (secondary N) is 3. The van der Waals surface area contributed by atoms with Crippen LogP contribution in [0.3, 0.4) is 0 Å². The number of benzene rings is 1. The first-order valence-electron chi connectivity index (χ1n) is 5.27. The van der Waals surface area contributed by atoms with E-state index in [9.17, 15) is 4.79 Å². The molecule has 2 heterocycles. The molecule has 1 atom stereocenters. The highest BCUT2D eigenvalue weighted by molar-refractivity contribution is 5.36. The molecule has 16 heavy (non-hydrogen) atoms. The van der Waals surface area contributed by atoms with E-state index in [0.717, 1.165) is 13.1 Å². The molecule has 3 rings (SSSR count). The Morgan fingerprint density at radius 2 is 2.19 bits per heavy atom. The van der Waals surface area contributed by atoms with Gasteiger partial charge < -0.3 is 5.32 Å². The van der Waals surface area contributed by atoms with Crippen LogP contribution in [0.4, 0.5) is 0 Å². The van der Waals surface area contributed by atoms with Gasteiger partial charge in [-0.2, -0.15) is 5.10 Å². The molecule has 1 aliphatic heterocycles. The van der Waals surface area contributed by atoms with Crippen LogP contribution in [-0.4, -0.2) is 21.7 Å². The fourth-order valence-electron chi connectivity index (χ4n) is 2.19. The van der Waals surface area contributed by atoms with Gasteiger partial charge in [0.15, 0.2) is 0 Å². The lowest BCUT2D eigenvalue weighted by molar-refractivity contribution is 0.573. The first-order chi connectivity index (χ1) is 7.84. The molecule has 1 unspecified atom stereocenters. The topological polar surface area (TPSA) is 73.6 Å². The lowest BCUT2D eigenvalue weighted by atomic mass is 9.90. The summed E-state index contributed by atoms with van der Waals surface area (Å²) in [6.07, 6.45) is 0. The zero-order valence-electron chi connectivity index (χ0n) is 8.66. The summed E-state index contributed by atoms with van der Waals surface area (Å²) in [6.45, 7) is 1.68. The Labute approximate surface area is 91.9 Å². The van der Waals surface area contributed by atoms with Crippen molar-refractivity contribution in [2.75, 3.05) is 6.54 Å². The predicted octanol–water partition coefficient (Wildman–Crippen LogP) is 0.333. The van der Waals surface area contributed by atoms with E-state index in [0.29, 0.717) is 5.82 Å². The third-order valence-corrected chi connectivity index (χ3v) is 2.94. The van der Waals surface area contributed by atoms with E-state index in [1.165, 1.54) is 11.1 Å². The van der Waals surface area contributed by atoms with E-state index in [1.54, 1.807) is 0 Å². The zero-order valence-corrected chi connectivity index (χ0v) is 8.66. The van der Waals surface area contributed by atoms with E-state index in [1.807, 2.05) is 12.1 Å². The van der Waals surface area contributed by atoms with E-state index in [-0.39, 0.29) is 11.6 Å². The molecule has 1 aromatic carbocycles. The Morgan fingerprint density at radius 3 is 3.00 bits per heavy atom. The standard InChI is InChI=1S/C11H12N4O/c16-11-13-10(14-15-11)9-6-12-5-7-3-1-2-4-8(7)9/h1-4,9,12H,5-6H2,(H2,13,14,15,16). The maximum Gasteiger partial charge on any atom is 0.340 e. The smallest absolute Gasteiger partial charge is 0.312 e. The number of nitrogens with zero attached hydrogens (tertiary/aromatic N) is 1. The normalized spacial score (nSPS) is 19.4. The minimum absolute atomic E-state index is 0.129. The van der Waals surface area contributed by atoms with Crippen molar-refractivity contribution in [2.24, 2.45) is 0 Å². The zero-order chi connectivity index (χ0) is 11.0. The van der Waals surface area contributed by atoms with Gasteiger partial charge in [-0.15, -0.1) is 0 Å². The molecular weight excluding hydrogens is 204 g/mol. The largest absolute Gasteiger partial charge is 0.340 e. The first kappa shape index (κ1) is 9.35. The van der Waals surface area contributed by atoms with Crippen LogP contribution in [0.25, 0.3) is 0 Å². The molecule has 2 aromatic rings. The number of fused-ring (bicyclic) bond motifs is 1. The van der Waals surface area contributed by atoms with Gasteiger partial charge in [0.2, 0.25) is 0 Å². The summed E-state index contributed by atoms with van der Waals surface area (Å²) >= 11 is 0. The van der Waals surface area contributed by atoms with Crippen molar-refractivity contribution in [3.05, 3.63) is 51.7 Å². The number of rotatable bonds is 1. The van der Waals surface area contributed by atoms with Crippen molar-refractivity contribution in [1.82, 2.24) is 20.5 Å². The summed E-state index contributed by atoms with van der Waals surface area (Å²) in [5, 5.41) is 9.74. The van der Waals surface area contributed by atoms with E-state index in [4.69, 9.17) is 0 Å². The summed E-state index contributed by atoms with van der Waals surface area (Å²) < 4.78 is 0. The van der Waals surface area contributed by atoms with Crippen molar-refractivity contribution in [3.63, 3.8) is 0 Å². The van der Waals surface area contributed by atoms with Gasteiger partial charge >= 0.3 is 5.69 Å². The first-order valence-corrected chi connectivity index (χ1v) is 5.27. The van der Waals surface area contributed by atoms with Gasteiger partial charge in [0.05, 0.1) is 5.92 Å². The van der Waals surface area contributed by atoms with Gasteiger partial charge in [-0.3, -0.25) is 4.98 Å². The number of aromatic amines is 2. The van der Waals surface area contributed by atoms with Gasteiger partial charge in [-0.25, -0.2) is 9.89 Å². The highest BCUT2D eigenvalue weighted by Crippen LogP contribution is 2.26. The highest BCUT2D eigenvalue weighted by atomic mass is 16.1. The molecule has 82 valence electrons. The lowest BCUT2D eigenvalue weighted by Gasteiger charge is -2.24. The minimum atomic E-state index is -0.252. The molecule has 0 saturated heterocycles. The Hall–Kier alpha value is -1.88. The van der Waals surface area contributed by atoms with Crippen molar-refractivity contribution >= 4 is 0 Å². The fourth-order valence-corrected chi connectivity index (χ4v) is 2.19. The number of aromatic nitrogens is 3. The maximum atomic E-state index is 11.1. The van der Waals surface area contributed by atoms with Crippen LogP contribution >= 0.6 is 0 Å². The van der Waals surface area contributed by atoms with Crippen LogP contribution in [0.2, 0.25) is 0 Å². The van der Waals surface area contributed by atoms with Gasteiger partial charge in [-0.1, -0.05) is 24.3 Å². The Balaban J connectivity index is 2.08. The van der Waals surface area contributed by atoms with Crippen LogP contribution in [0, 0.1) is 0 Å². The second kappa shape index (κ2) is 3.61. The fraction of sp³-hybridized carbons (Fsp3) is 0.273. The summed E-state index contributed by atoms with van der Waals surface area (Å²) in [4.78, 5) is 13.8. The SMILES string of the molecule is O=c1[nH]nc(C2CNCc3ccccc32)[nH]1. The molecule has 0 spiro atoms. The van der Waals surface area contributed by atoms with E-state index >= 15 is 0 Å². The third kappa shape index (κ3) is 1.45. The van der Waals surface area contributed by atoms with Crippen LogP contribution < -0.4 is 11.0 Å². The quantitative estimate of drug-likeness (QED) is 0.643. The van der Waals surface area contributed by atoms with Crippen molar-refractivity contribution in [2.45, 2.75) is 12.5 Å². The second-order valence-corrected chi connectivity index (χ2v) is 3.95. The van der Waals surface area contributed by atoms with Gasteiger partial charge in [0, 0.05) is 13.1 Å². The second-order valence-electron chi connectivity index (χ2n) is 3.95. The molecule has 3 N–H and O–H groups in total. The predicted molar refractivity (Wildman–Crippen MR) is 59.2 cm³/mol. The Morgan fingerprint density at radius 1 is 1.31 bits per heavy atom. The summed E-state index contributed by atoms with van der Waals surface area (Å²) in [7, 11) is 0. The van der Waals surface area contributed by atoms with Crippen LogP contribution in [-0.2, 0) is 6.54 Å². The molecule has 0 fully saturated rings. The molecule has 0 amide bonds. The van der Waals surface area contributed by atoms with Gasteiger partial charge in [0.1, 0.15) is 5.82 Å². The number of hydrogen-bond acceptors (Lipinski definition) is 3. The molecule has 0 radical (unpaired) electrons. The monoisotopic (exact) mass is 216 g/mol. The summed E-state index contributed by atoms with van der Waals surface area (Å²) in [6, 6.07) is 8.23. The summed E-state index contributed by atoms with van der Waals surface area (Å²) in [5.41, 5.74) is 2.25. The highest BCUT2D eigenvalue weighted by Gasteiger charge is 2.23. The number of H-pyrrole nitrogens is 2. The molecule has 0 saturated carbocycles. The average molecular weight is 216 g/mol. The van der Waals surface area contributed by atoms with Crippen LogP contribution in [0.1, 0.15) is 22.9 Å². The number of hydrogen-bond donors (Lipinski definition) is 3. The molecular formula is C11H12N4O. The molecule has 0 aliphatic carbocycles. The van der Waals surface area contributed by atoms with Crippen molar-refractivity contribution in [1.29, 1.82) is 0 Å². The summed E-state index contributed by atoms with van der Waals surface area (Å²) in [5.74, 6) is 0.827. The maximum absolute atomic E-state index is 11.1. The lowest BCUT2D eigenvalue weighted by Crippen LogP contribution is -2.29. The molecule has 1 aromatic heterocycles. The van der Waals surface area contributed by atoms with Crippen molar-refractivity contribution in [3.8, 4) is 0 Å². The Kier molecular flexibility index (Phi) is 2.11. The van der Waals surface area contributed by atoms with E-state index in [2.05, 4.69) is 32.6 Å². The Bertz CT molecular complexity index is 557. The van der Waals surface area contributed by atoms with Gasteiger partial charge in [-0.05, 0) is 11.1 Å². The molecule has 5 nitrogen and oxygen atoms in total. The molecule has 1 aliphatic rings. The average Bonchev–Trinajstić information content (AvgIpc) is 2.75. The van der Waals surface area contributed by atoms with Crippen LogP contribution in [0.15, 0.2) is 29.1 Å². The minimum Gasteiger partial charge on any atom is -0.312 e. The van der Waals surface area contributed by atoms with Crippen LogP contribution in [0.5, 0.6) is 0 Å².